The number of methoxy groups -OCH3 is 1. The largest absolute Gasteiger partial charge is 0.399 e. The van der Waals surface area contributed by atoms with Crippen LogP contribution in [-0.4, -0.2) is 32.8 Å². The predicted octanol–water partition coefficient (Wildman–Crippen LogP) is 1.18. The normalized spacial score (nSPS) is 10.2. The van der Waals surface area contributed by atoms with Crippen molar-refractivity contribution in [3.8, 4) is 0 Å². The number of amides is 1. The second-order valence-corrected chi connectivity index (χ2v) is 3.67. The third-order valence-corrected chi connectivity index (χ3v) is 2.20. The van der Waals surface area contributed by atoms with Crippen LogP contribution in [0.5, 0.6) is 0 Å². The number of nitrogens with one attached hydrogen (secondary N) is 1. The summed E-state index contributed by atoms with van der Waals surface area (Å²) in [6.45, 7) is 2.79. The number of hydrogen-bond acceptors (Lipinski definition) is 4. The van der Waals surface area contributed by atoms with E-state index in [1.54, 1.807) is 19.2 Å². The molecule has 0 aliphatic heterocycles. The zero-order valence-corrected chi connectivity index (χ0v) is 10.2. The van der Waals surface area contributed by atoms with Gasteiger partial charge in [0.2, 0.25) is 5.91 Å². The number of benzene rings is 1. The Bertz CT molecular complexity index is 380. The summed E-state index contributed by atoms with van der Waals surface area (Å²) in [5.41, 5.74) is 7.94. The van der Waals surface area contributed by atoms with Gasteiger partial charge >= 0.3 is 0 Å². The van der Waals surface area contributed by atoms with Gasteiger partial charge in [-0.2, -0.15) is 0 Å². The molecule has 0 saturated carbocycles. The molecule has 0 heterocycles. The lowest BCUT2D eigenvalue weighted by Gasteiger charge is -2.09. The molecule has 0 fully saturated rings. The number of carbonyl (C=O) groups excluding carboxylic acids is 1. The van der Waals surface area contributed by atoms with E-state index in [9.17, 15) is 4.79 Å². The molecule has 3 N–H and O–H groups in total. The van der Waals surface area contributed by atoms with E-state index in [0.29, 0.717) is 24.6 Å². The molecule has 5 heteroatoms. The first-order valence-electron chi connectivity index (χ1n) is 5.36. The molecule has 0 atom stereocenters. The van der Waals surface area contributed by atoms with E-state index in [4.69, 9.17) is 15.2 Å². The predicted molar refractivity (Wildman–Crippen MR) is 66.9 cm³/mol. The molecule has 0 aliphatic rings. The van der Waals surface area contributed by atoms with Gasteiger partial charge in [-0.25, -0.2) is 0 Å². The number of nitrogens with two attached hydrogens (primary N) is 1. The molecule has 1 aromatic rings. The number of hydrogen-bond donors (Lipinski definition) is 2. The highest BCUT2D eigenvalue weighted by atomic mass is 16.5. The molecular weight excluding hydrogens is 220 g/mol. The first-order valence-corrected chi connectivity index (χ1v) is 5.36. The summed E-state index contributed by atoms with van der Waals surface area (Å²) in [7, 11) is 1.58. The lowest BCUT2D eigenvalue weighted by molar-refractivity contribution is -0.121. The van der Waals surface area contributed by atoms with Crippen LogP contribution in [0.25, 0.3) is 0 Å². The second kappa shape index (κ2) is 6.88. The molecule has 94 valence electrons. The first-order chi connectivity index (χ1) is 8.13. The fraction of sp³-hybridized carbons (Fsp3) is 0.417. The van der Waals surface area contributed by atoms with Crippen LogP contribution in [-0.2, 0) is 14.3 Å². The van der Waals surface area contributed by atoms with E-state index in [-0.39, 0.29) is 12.5 Å². The summed E-state index contributed by atoms with van der Waals surface area (Å²) in [4.78, 5) is 11.5. The zero-order valence-electron chi connectivity index (χ0n) is 10.2. The summed E-state index contributed by atoms with van der Waals surface area (Å²) in [6, 6.07) is 5.37. The molecular formula is C12H18N2O3. The molecule has 0 saturated heterocycles. The number of anilines is 2. The molecule has 1 amide bonds. The molecule has 1 rings (SSSR count). The average Bonchev–Trinajstić information content (AvgIpc) is 2.29. The van der Waals surface area contributed by atoms with Gasteiger partial charge in [0, 0.05) is 18.5 Å². The van der Waals surface area contributed by atoms with Crippen molar-refractivity contribution in [2.75, 3.05) is 38.0 Å². The minimum atomic E-state index is -0.199. The maximum Gasteiger partial charge on any atom is 0.250 e. The van der Waals surface area contributed by atoms with Crippen molar-refractivity contribution in [1.82, 2.24) is 0 Å². The van der Waals surface area contributed by atoms with Crippen LogP contribution in [0.4, 0.5) is 11.4 Å². The minimum absolute atomic E-state index is 0.0115. The van der Waals surface area contributed by atoms with E-state index < -0.39 is 0 Å². The summed E-state index contributed by atoms with van der Waals surface area (Å²) in [6.07, 6.45) is 0. The monoisotopic (exact) mass is 238 g/mol. The van der Waals surface area contributed by atoms with Crippen LogP contribution < -0.4 is 11.1 Å². The van der Waals surface area contributed by atoms with Gasteiger partial charge in [-0.15, -0.1) is 0 Å². The SMILES string of the molecule is COCCOCC(=O)Nc1cc(N)ccc1C. The highest BCUT2D eigenvalue weighted by Crippen LogP contribution is 2.17. The summed E-state index contributed by atoms with van der Waals surface area (Å²) in [5.74, 6) is -0.199. The zero-order chi connectivity index (χ0) is 12.7. The molecule has 1 aromatic carbocycles. The minimum Gasteiger partial charge on any atom is -0.399 e. The first kappa shape index (κ1) is 13.5. The molecule has 5 nitrogen and oxygen atoms in total. The van der Waals surface area contributed by atoms with Gasteiger partial charge in [0.15, 0.2) is 0 Å². The number of nitrogen functional groups attached to an aromatic ring is 1. The van der Waals surface area contributed by atoms with Crippen LogP contribution in [0.2, 0.25) is 0 Å². The number of ether oxygens (including phenoxy) is 2. The van der Waals surface area contributed by atoms with Crippen LogP contribution >= 0.6 is 0 Å². The Labute approximate surface area is 101 Å². The Morgan fingerprint density at radius 3 is 2.88 bits per heavy atom. The molecule has 0 radical (unpaired) electrons. The van der Waals surface area contributed by atoms with Crippen molar-refractivity contribution in [1.29, 1.82) is 0 Å². The van der Waals surface area contributed by atoms with Gasteiger partial charge in [0.25, 0.3) is 0 Å². The van der Waals surface area contributed by atoms with Crippen LogP contribution in [0.1, 0.15) is 5.56 Å². The fourth-order valence-corrected chi connectivity index (χ4v) is 1.27. The Morgan fingerprint density at radius 2 is 2.18 bits per heavy atom. The number of carbonyl (C=O) groups is 1. The van der Waals surface area contributed by atoms with Crippen molar-refractivity contribution < 1.29 is 14.3 Å². The lowest BCUT2D eigenvalue weighted by Crippen LogP contribution is -2.20. The maximum atomic E-state index is 11.5. The van der Waals surface area contributed by atoms with Crippen molar-refractivity contribution in [3.05, 3.63) is 23.8 Å². The number of aryl methyl sites for hydroxylation is 1. The maximum absolute atomic E-state index is 11.5. The third kappa shape index (κ3) is 4.84. The average molecular weight is 238 g/mol. The molecule has 17 heavy (non-hydrogen) atoms. The van der Waals surface area contributed by atoms with Crippen molar-refractivity contribution in [2.24, 2.45) is 0 Å². The fourth-order valence-electron chi connectivity index (χ4n) is 1.27. The smallest absolute Gasteiger partial charge is 0.250 e. The van der Waals surface area contributed by atoms with Gasteiger partial charge in [-0.1, -0.05) is 6.07 Å². The van der Waals surface area contributed by atoms with Gasteiger partial charge < -0.3 is 20.5 Å². The summed E-state index contributed by atoms with van der Waals surface area (Å²) >= 11 is 0. The molecule has 0 unspecified atom stereocenters. The van der Waals surface area contributed by atoms with E-state index in [1.165, 1.54) is 0 Å². The number of rotatable bonds is 6. The van der Waals surface area contributed by atoms with Crippen molar-refractivity contribution in [3.63, 3.8) is 0 Å². The van der Waals surface area contributed by atoms with Gasteiger partial charge in [0.05, 0.1) is 13.2 Å². The Balaban J connectivity index is 2.42. The van der Waals surface area contributed by atoms with Gasteiger partial charge in [0.1, 0.15) is 6.61 Å². The van der Waals surface area contributed by atoms with Gasteiger partial charge in [-0.3, -0.25) is 4.79 Å². The second-order valence-electron chi connectivity index (χ2n) is 3.67. The van der Waals surface area contributed by atoms with E-state index >= 15 is 0 Å². The summed E-state index contributed by atoms with van der Waals surface area (Å²) in [5, 5.41) is 2.74. The lowest BCUT2D eigenvalue weighted by atomic mass is 10.2. The van der Waals surface area contributed by atoms with Gasteiger partial charge in [-0.05, 0) is 24.6 Å². The standard InChI is InChI=1S/C12H18N2O3/c1-9-3-4-10(13)7-11(9)14-12(15)8-17-6-5-16-2/h3-4,7H,5-6,8,13H2,1-2H3,(H,14,15). The highest BCUT2D eigenvalue weighted by Gasteiger charge is 2.05. The third-order valence-electron chi connectivity index (χ3n) is 2.20. The van der Waals surface area contributed by atoms with Crippen molar-refractivity contribution >= 4 is 17.3 Å². The Kier molecular flexibility index (Phi) is 5.45. The van der Waals surface area contributed by atoms with E-state index in [2.05, 4.69) is 5.32 Å². The van der Waals surface area contributed by atoms with Crippen LogP contribution in [0.15, 0.2) is 18.2 Å². The van der Waals surface area contributed by atoms with Crippen LogP contribution in [0, 0.1) is 6.92 Å². The molecule has 0 bridgehead atoms. The molecule has 0 aromatic heterocycles. The van der Waals surface area contributed by atoms with Crippen LogP contribution in [0.3, 0.4) is 0 Å². The van der Waals surface area contributed by atoms with Crippen molar-refractivity contribution in [2.45, 2.75) is 6.92 Å². The Hall–Kier alpha value is -1.59. The Morgan fingerprint density at radius 1 is 1.41 bits per heavy atom. The quantitative estimate of drug-likeness (QED) is 0.576. The summed E-state index contributed by atoms with van der Waals surface area (Å²) < 4.78 is 9.91. The highest BCUT2D eigenvalue weighted by molar-refractivity contribution is 5.92. The molecule has 0 spiro atoms. The van der Waals surface area contributed by atoms with E-state index in [0.717, 1.165) is 5.56 Å². The topological polar surface area (TPSA) is 73.6 Å². The molecule has 0 aliphatic carbocycles. The van der Waals surface area contributed by atoms with E-state index in [1.807, 2.05) is 13.0 Å².